The number of aromatic nitrogens is 1. The molecule has 1 N–H and O–H groups in total. The molecule has 0 radical (unpaired) electrons. The van der Waals surface area contributed by atoms with Crippen LogP contribution in [0.2, 0.25) is 0 Å². The zero-order valence-corrected chi connectivity index (χ0v) is 8.61. The Balaban J connectivity index is 2.05. The van der Waals surface area contributed by atoms with Gasteiger partial charge >= 0.3 is 0 Å². The summed E-state index contributed by atoms with van der Waals surface area (Å²) in [5.41, 5.74) is 1.19. The highest BCUT2D eigenvalue weighted by Crippen LogP contribution is 2.23. The predicted octanol–water partition coefficient (Wildman–Crippen LogP) is 2.66. The second-order valence-corrected chi connectivity index (χ2v) is 4.11. The third kappa shape index (κ3) is 1.61. The summed E-state index contributed by atoms with van der Waals surface area (Å²) < 4.78 is 0. The Kier molecular flexibility index (Phi) is 2.14. The standard InChI is InChI=1S/C13H14N2/c1-2-5-11-9-15-13(8-10(11)4-1)12-6-3-7-14-12/h1-2,4-5,8-9,12,14H,3,6-7H2/t12-/m0/s1. The van der Waals surface area contributed by atoms with Crippen molar-refractivity contribution in [1.29, 1.82) is 0 Å². The lowest BCUT2D eigenvalue weighted by atomic mass is 10.1. The number of benzene rings is 1. The summed E-state index contributed by atoms with van der Waals surface area (Å²) in [7, 11) is 0. The Morgan fingerprint density at radius 2 is 2.07 bits per heavy atom. The van der Waals surface area contributed by atoms with E-state index in [2.05, 4.69) is 40.6 Å². The molecular formula is C13H14N2. The molecule has 1 aliphatic rings. The number of pyridine rings is 1. The van der Waals surface area contributed by atoms with Crippen LogP contribution in [0.3, 0.4) is 0 Å². The van der Waals surface area contributed by atoms with Crippen molar-refractivity contribution in [2.75, 3.05) is 6.54 Å². The van der Waals surface area contributed by atoms with Crippen LogP contribution in [0.1, 0.15) is 24.6 Å². The van der Waals surface area contributed by atoms with Gasteiger partial charge < -0.3 is 5.32 Å². The van der Waals surface area contributed by atoms with Gasteiger partial charge in [-0.2, -0.15) is 0 Å². The van der Waals surface area contributed by atoms with Crippen LogP contribution in [0, 0.1) is 0 Å². The molecule has 2 aromatic rings. The lowest BCUT2D eigenvalue weighted by Gasteiger charge is -2.09. The molecule has 1 saturated heterocycles. The number of nitrogens with zero attached hydrogens (tertiary/aromatic N) is 1. The van der Waals surface area contributed by atoms with Crippen LogP contribution in [0.15, 0.2) is 36.5 Å². The van der Waals surface area contributed by atoms with E-state index in [1.807, 2.05) is 6.20 Å². The topological polar surface area (TPSA) is 24.9 Å². The molecule has 0 aliphatic carbocycles. The first kappa shape index (κ1) is 8.86. The summed E-state index contributed by atoms with van der Waals surface area (Å²) in [6, 6.07) is 11.1. The minimum Gasteiger partial charge on any atom is -0.309 e. The molecule has 1 aromatic heterocycles. The van der Waals surface area contributed by atoms with E-state index >= 15 is 0 Å². The van der Waals surface area contributed by atoms with Gasteiger partial charge in [0, 0.05) is 17.6 Å². The van der Waals surface area contributed by atoms with Crippen molar-refractivity contribution in [2.45, 2.75) is 18.9 Å². The second-order valence-electron chi connectivity index (χ2n) is 4.11. The maximum absolute atomic E-state index is 4.53. The van der Waals surface area contributed by atoms with Gasteiger partial charge in [0.15, 0.2) is 0 Å². The van der Waals surface area contributed by atoms with E-state index in [0.29, 0.717) is 6.04 Å². The molecule has 15 heavy (non-hydrogen) atoms. The highest BCUT2D eigenvalue weighted by molar-refractivity contribution is 5.81. The van der Waals surface area contributed by atoms with Crippen molar-refractivity contribution in [3.05, 3.63) is 42.2 Å². The Hall–Kier alpha value is -1.41. The monoisotopic (exact) mass is 198 g/mol. The highest BCUT2D eigenvalue weighted by Gasteiger charge is 2.17. The number of rotatable bonds is 1. The number of fused-ring (bicyclic) bond motifs is 1. The Labute approximate surface area is 89.3 Å². The van der Waals surface area contributed by atoms with Gasteiger partial charge in [-0.05, 0) is 30.8 Å². The first-order chi connectivity index (χ1) is 7.43. The molecule has 2 heteroatoms. The number of nitrogens with one attached hydrogen (secondary N) is 1. The fourth-order valence-corrected chi connectivity index (χ4v) is 2.23. The number of hydrogen-bond acceptors (Lipinski definition) is 2. The quantitative estimate of drug-likeness (QED) is 0.762. The van der Waals surface area contributed by atoms with E-state index in [-0.39, 0.29) is 0 Å². The van der Waals surface area contributed by atoms with Gasteiger partial charge in [-0.1, -0.05) is 24.3 Å². The molecular weight excluding hydrogens is 184 g/mol. The van der Waals surface area contributed by atoms with Gasteiger partial charge in [-0.25, -0.2) is 0 Å². The van der Waals surface area contributed by atoms with Crippen molar-refractivity contribution < 1.29 is 0 Å². The van der Waals surface area contributed by atoms with Crippen molar-refractivity contribution in [3.63, 3.8) is 0 Å². The summed E-state index contributed by atoms with van der Waals surface area (Å²) >= 11 is 0. The summed E-state index contributed by atoms with van der Waals surface area (Å²) in [5, 5.41) is 5.98. The van der Waals surface area contributed by atoms with Crippen LogP contribution in [0.25, 0.3) is 10.8 Å². The van der Waals surface area contributed by atoms with Gasteiger partial charge in [-0.3, -0.25) is 4.98 Å². The molecule has 2 nitrogen and oxygen atoms in total. The van der Waals surface area contributed by atoms with E-state index in [1.165, 1.54) is 29.3 Å². The van der Waals surface area contributed by atoms with Crippen molar-refractivity contribution in [1.82, 2.24) is 10.3 Å². The first-order valence-electron chi connectivity index (χ1n) is 5.51. The molecule has 1 fully saturated rings. The summed E-state index contributed by atoms with van der Waals surface area (Å²) in [4.78, 5) is 4.53. The zero-order chi connectivity index (χ0) is 10.1. The normalized spacial score (nSPS) is 20.9. The van der Waals surface area contributed by atoms with Crippen LogP contribution in [-0.2, 0) is 0 Å². The Bertz CT molecular complexity index is 473. The molecule has 1 atom stereocenters. The summed E-state index contributed by atoms with van der Waals surface area (Å²) in [6.45, 7) is 1.12. The van der Waals surface area contributed by atoms with Crippen LogP contribution < -0.4 is 5.32 Å². The lowest BCUT2D eigenvalue weighted by molar-refractivity contribution is 0.629. The largest absolute Gasteiger partial charge is 0.309 e. The molecule has 0 unspecified atom stereocenters. The molecule has 0 saturated carbocycles. The van der Waals surface area contributed by atoms with Crippen molar-refractivity contribution in [2.24, 2.45) is 0 Å². The fraction of sp³-hybridized carbons (Fsp3) is 0.308. The van der Waals surface area contributed by atoms with E-state index in [1.54, 1.807) is 0 Å². The minimum atomic E-state index is 0.467. The van der Waals surface area contributed by atoms with Gasteiger partial charge in [-0.15, -0.1) is 0 Å². The molecule has 0 amide bonds. The summed E-state index contributed by atoms with van der Waals surface area (Å²) in [6.07, 6.45) is 4.45. The number of hydrogen-bond donors (Lipinski definition) is 1. The molecule has 1 aliphatic heterocycles. The fourth-order valence-electron chi connectivity index (χ4n) is 2.23. The average Bonchev–Trinajstić information content (AvgIpc) is 2.82. The molecule has 3 rings (SSSR count). The van der Waals surface area contributed by atoms with Crippen molar-refractivity contribution in [3.8, 4) is 0 Å². The smallest absolute Gasteiger partial charge is 0.0579 e. The first-order valence-corrected chi connectivity index (χ1v) is 5.51. The van der Waals surface area contributed by atoms with Gasteiger partial charge in [0.25, 0.3) is 0 Å². The predicted molar refractivity (Wildman–Crippen MR) is 61.7 cm³/mol. The van der Waals surface area contributed by atoms with E-state index in [0.717, 1.165) is 6.54 Å². The molecule has 1 aromatic carbocycles. The van der Waals surface area contributed by atoms with Crippen molar-refractivity contribution >= 4 is 10.8 Å². The highest BCUT2D eigenvalue weighted by atomic mass is 15.0. The van der Waals surface area contributed by atoms with Crippen LogP contribution in [0.5, 0.6) is 0 Å². The van der Waals surface area contributed by atoms with E-state index in [9.17, 15) is 0 Å². The van der Waals surface area contributed by atoms with Gasteiger partial charge in [0.1, 0.15) is 0 Å². The third-order valence-corrected chi connectivity index (χ3v) is 3.07. The van der Waals surface area contributed by atoms with E-state index in [4.69, 9.17) is 0 Å². The van der Waals surface area contributed by atoms with E-state index < -0.39 is 0 Å². The zero-order valence-electron chi connectivity index (χ0n) is 8.61. The molecule has 0 spiro atoms. The Morgan fingerprint density at radius 1 is 1.20 bits per heavy atom. The molecule has 76 valence electrons. The Morgan fingerprint density at radius 3 is 2.87 bits per heavy atom. The van der Waals surface area contributed by atoms with Crippen LogP contribution >= 0.6 is 0 Å². The van der Waals surface area contributed by atoms with Crippen LogP contribution in [-0.4, -0.2) is 11.5 Å². The maximum Gasteiger partial charge on any atom is 0.0579 e. The minimum absolute atomic E-state index is 0.467. The van der Waals surface area contributed by atoms with Gasteiger partial charge in [0.05, 0.1) is 5.69 Å². The maximum atomic E-state index is 4.53. The van der Waals surface area contributed by atoms with Crippen LogP contribution in [0.4, 0.5) is 0 Å². The third-order valence-electron chi connectivity index (χ3n) is 3.07. The lowest BCUT2D eigenvalue weighted by Crippen LogP contribution is -2.13. The molecule has 0 bridgehead atoms. The average molecular weight is 198 g/mol. The molecule has 2 heterocycles. The van der Waals surface area contributed by atoms with Gasteiger partial charge in [0.2, 0.25) is 0 Å². The summed E-state index contributed by atoms with van der Waals surface area (Å²) in [5.74, 6) is 0. The SMILES string of the molecule is c1ccc2cc([C@@H]3CCCN3)ncc2c1. The second kappa shape index (κ2) is 3.63.